The lowest BCUT2D eigenvalue weighted by molar-refractivity contribution is 0.0530. The molecule has 0 aromatic carbocycles. The van der Waals surface area contributed by atoms with Crippen LogP contribution in [0.15, 0.2) is 4.99 Å². The van der Waals surface area contributed by atoms with Crippen molar-refractivity contribution in [2.45, 2.75) is 69.6 Å². The molecule has 3 rings (SSSR count). The third-order valence-corrected chi connectivity index (χ3v) is 5.90. The monoisotopic (exact) mass is 267 g/mol. The minimum absolute atomic E-state index is 0.559. The number of rotatable bonds is 2. The molecule has 2 fully saturated rings. The lowest BCUT2D eigenvalue weighted by Crippen LogP contribution is -2.54. The highest BCUT2D eigenvalue weighted by molar-refractivity contribution is 8.14. The highest BCUT2D eigenvalue weighted by atomic mass is 32.2. The van der Waals surface area contributed by atoms with Gasteiger partial charge in [-0.1, -0.05) is 25.1 Å². The van der Waals surface area contributed by atoms with Crippen molar-refractivity contribution in [1.29, 1.82) is 0 Å². The van der Waals surface area contributed by atoms with Crippen molar-refractivity contribution in [2.24, 2.45) is 4.99 Å². The van der Waals surface area contributed by atoms with Crippen molar-refractivity contribution >= 4 is 16.9 Å². The predicted molar refractivity (Wildman–Crippen MR) is 79.3 cm³/mol. The quantitative estimate of drug-likeness (QED) is 0.833. The molecule has 0 saturated carbocycles. The van der Waals surface area contributed by atoms with E-state index in [-0.39, 0.29) is 0 Å². The van der Waals surface area contributed by atoms with Gasteiger partial charge in [0.15, 0.2) is 5.17 Å². The highest BCUT2D eigenvalue weighted by Gasteiger charge is 2.36. The van der Waals surface area contributed by atoms with E-state index in [1.165, 1.54) is 49.4 Å². The molecule has 0 aliphatic carbocycles. The van der Waals surface area contributed by atoms with Crippen LogP contribution < -0.4 is 5.32 Å². The Morgan fingerprint density at radius 1 is 1.33 bits per heavy atom. The Morgan fingerprint density at radius 2 is 2.06 bits per heavy atom. The van der Waals surface area contributed by atoms with Gasteiger partial charge in [0.1, 0.15) is 0 Å². The molecule has 4 heteroatoms. The Hall–Kier alpha value is -0.220. The Kier molecular flexibility index (Phi) is 3.85. The summed E-state index contributed by atoms with van der Waals surface area (Å²) in [5.74, 6) is 1.18. The number of piperidine rings is 2. The van der Waals surface area contributed by atoms with E-state index < -0.39 is 0 Å². The van der Waals surface area contributed by atoms with E-state index >= 15 is 0 Å². The molecular formula is C14H25N3S. The molecule has 0 amide bonds. The smallest absolute Gasteiger partial charge is 0.157 e. The summed E-state index contributed by atoms with van der Waals surface area (Å²) in [4.78, 5) is 7.39. The fraction of sp³-hybridized carbons (Fsp3) is 0.929. The molecule has 2 saturated heterocycles. The normalized spacial score (nSPS) is 40.7. The molecule has 1 N–H and O–H groups in total. The third-order valence-electron chi connectivity index (χ3n) is 4.85. The maximum Gasteiger partial charge on any atom is 0.157 e. The van der Waals surface area contributed by atoms with Gasteiger partial charge in [0.05, 0.1) is 6.04 Å². The van der Waals surface area contributed by atoms with Crippen LogP contribution in [0.4, 0.5) is 0 Å². The van der Waals surface area contributed by atoms with Gasteiger partial charge in [0.25, 0.3) is 0 Å². The molecular weight excluding hydrogens is 242 g/mol. The van der Waals surface area contributed by atoms with Gasteiger partial charge in [-0.3, -0.25) is 4.99 Å². The Bertz CT molecular complexity index is 317. The first-order valence-electron chi connectivity index (χ1n) is 7.45. The third kappa shape index (κ3) is 2.55. The lowest BCUT2D eigenvalue weighted by Gasteiger charge is -2.47. The molecule has 0 spiro atoms. The molecule has 102 valence electrons. The summed E-state index contributed by atoms with van der Waals surface area (Å²) in [7, 11) is 2.32. The second-order valence-corrected chi connectivity index (χ2v) is 7.03. The molecule has 2 bridgehead atoms. The average molecular weight is 267 g/mol. The fourth-order valence-electron chi connectivity index (χ4n) is 3.61. The number of amidine groups is 1. The molecule has 0 aromatic rings. The zero-order valence-corrected chi connectivity index (χ0v) is 12.4. The Morgan fingerprint density at radius 3 is 2.67 bits per heavy atom. The second-order valence-electron chi connectivity index (χ2n) is 6.02. The van der Waals surface area contributed by atoms with Gasteiger partial charge in [-0.2, -0.15) is 0 Å². The van der Waals surface area contributed by atoms with Crippen LogP contribution in [0.1, 0.15) is 45.4 Å². The second kappa shape index (κ2) is 5.41. The van der Waals surface area contributed by atoms with Gasteiger partial charge in [-0.15, -0.1) is 0 Å². The minimum Gasteiger partial charge on any atom is -0.362 e. The number of nitrogens with one attached hydrogen (secondary N) is 1. The number of hydrogen-bond acceptors (Lipinski definition) is 4. The summed E-state index contributed by atoms with van der Waals surface area (Å²) in [5, 5.41) is 4.93. The summed E-state index contributed by atoms with van der Waals surface area (Å²) in [6.07, 6.45) is 8.01. The first kappa shape index (κ1) is 12.8. The Labute approximate surface area is 115 Å². The van der Waals surface area contributed by atoms with Crippen LogP contribution in [0.3, 0.4) is 0 Å². The van der Waals surface area contributed by atoms with Gasteiger partial charge in [-0.05, 0) is 39.2 Å². The van der Waals surface area contributed by atoms with Crippen LogP contribution in [0.2, 0.25) is 0 Å². The van der Waals surface area contributed by atoms with Crippen LogP contribution in [-0.2, 0) is 0 Å². The van der Waals surface area contributed by atoms with Crippen LogP contribution in [0.25, 0.3) is 0 Å². The molecule has 0 aromatic heterocycles. The van der Waals surface area contributed by atoms with Crippen molar-refractivity contribution < 1.29 is 0 Å². The SMILES string of the molecule is CCC1CSC(NC2CC3CCCC(C2)N3C)=N1. The molecule has 3 aliphatic rings. The van der Waals surface area contributed by atoms with Gasteiger partial charge in [-0.25, -0.2) is 0 Å². The van der Waals surface area contributed by atoms with Crippen LogP contribution in [-0.4, -0.2) is 47.0 Å². The minimum atomic E-state index is 0.559. The first-order valence-corrected chi connectivity index (χ1v) is 8.44. The van der Waals surface area contributed by atoms with Crippen molar-refractivity contribution in [3.63, 3.8) is 0 Å². The number of fused-ring (bicyclic) bond motifs is 2. The van der Waals surface area contributed by atoms with Crippen LogP contribution >= 0.6 is 11.8 Å². The van der Waals surface area contributed by atoms with Gasteiger partial charge < -0.3 is 10.2 Å². The molecule has 3 heterocycles. The lowest BCUT2D eigenvalue weighted by atomic mass is 9.82. The Balaban J connectivity index is 1.58. The molecule has 0 radical (unpaired) electrons. The largest absolute Gasteiger partial charge is 0.362 e. The van der Waals surface area contributed by atoms with E-state index in [4.69, 9.17) is 4.99 Å². The van der Waals surface area contributed by atoms with Gasteiger partial charge in [0, 0.05) is 23.9 Å². The van der Waals surface area contributed by atoms with Crippen LogP contribution in [0.5, 0.6) is 0 Å². The van der Waals surface area contributed by atoms with E-state index in [0.717, 1.165) is 12.1 Å². The van der Waals surface area contributed by atoms with Crippen molar-refractivity contribution in [2.75, 3.05) is 12.8 Å². The number of thioether (sulfide) groups is 1. The summed E-state index contributed by atoms with van der Waals surface area (Å²) in [5.41, 5.74) is 0. The molecule has 18 heavy (non-hydrogen) atoms. The van der Waals surface area contributed by atoms with E-state index in [9.17, 15) is 0 Å². The summed E-state index contributed by atoms with van der Waals surface area (Å²) in [6.45, 7) is 2.23. The molecule has 3 atom stereocenters. The van der Waals surface area contributed by atoms with Crippen molar-refractivity contribution in [3.05, 3.63) is 0 Å². The van der Waals surface area contributed by atoms with Crippen LogP contribution in [0, 0.1) is 0 Å². The van der Waals surface area contributed by atoms with E-state index in [1.54, 1.807) is 0 Å². The average Bonchev–Trinajstić information content (AvgIpc) is 2.78. The molecule has 3 nitrogen and oxygen atoms in total. The summed E-state index contributed by atoms with van der Waals surface area (Å²) >= 11 is 1.92. The number of nitrogens with zero attached hydrogens (tertiary/aromatic N) is 2. The predicted octanol–water partition coefficient (Wildman–Crippen LogP) is 2.47. The molecule has 3 aliphatic heterocycles. The summed E-state index contributed by atoms with van der Waals surface area (Å²) in [6, 6.07) is 2.84. The fourth-order valence-corrected chi connectivity index (χ4v) is 4.75. The van der Waals surface area contributed by atoms with E-state index in [2.05, 4.69) is 24.2 Å². The highest BCUT2D eigenvalue weighted by Crippen LogP contribution is 2.33. The zero-order valence-electron chi connectivity index (χ0n) is 11.6. The summed E-state index contributed by atoms with van der Waals surface area (Å²) < 4.78 is 0. The maximum absolute atomic E-state index is 4.77. The number of hydrogen-bond donors (Lipinski definition) is 1. The van der Waals surface area contributed by atoms with Crippen molar-refractivity contribution in [1.82, 2.24) is 10.2 Å². The van der Waals surface area contributed by atoms with Gasteiger partial charge >= 0.3 is 0 Å². The maximum atomic E-state index is 4.77. The number of aliphatic imine (C=N–C) groups is 1. The van der Waals surface area contributed by atoms with E-state index in [0.29, 0.717) is 12.1 Å². The zero-order chi connectivity index (χ0) is 12.5. The van der Waals surface area contributed by atoms with E-state index in [1.807, 2.05) is 11.8 Å². The standard InChI is InChI=1S/C14H25N3S/c1-3-10-9-18-14(15-10)16-11-7-12-5-4-6-13(8-11)17(12)2/h10-13H,3-9H2,1-2H3,(H,15,16). The first-order chi connectivity index (χ1) is 8.76. The molecule has 3 unspecified atom stereocenters. The van der Waals surface area contributed by atoms with Crippen molar-refractivity contribution in [3.8, 4) is 0 Å². The van der Waals surface area contributed by atoms with Gasteiger partial charge in [0.2, 0.25) is 0 Å². The topological polar surface area (TPSA) is 27.6 Å².